The van der Waals surface area contributed by atoms with Crippen molar-refractivity contribution in [2.75, 3.05) is 13.2 Å². The first-order valence-corrected chi connectivity index (χ1v) is 6.66. The van der Waals surface area contributed by atoms with Crippen LogP contribution in [0.15, 0.2) is 0 Å². The summed E-state index contributed by atoms with van der Waals surface area (Å²) >= 11 is 0. The molecule has 2 unspecified atom stereocenters. The van der Waals surface area contributed by atoms with Gasteiger partial charge in [0.15, 0.2) is 0 Å². The summed E-state index contributed by atoms with van der Waals surface area (Å²) in [5, 5.41) is 12.9. The Morgan fingerprint density at radius 1 is 1.44 bits per heavy atom. The first kappa shape index (κ1) is 12.3. The first-order chi connectivity index (χ1) is 7.65. The Bertz CT molecular complexity index is 226. The van der Waals surface area contributed by atoms with E-state index in [2.05, 4.69) is 19.2 Å². The lowest BCUT2D eigenvalue weighted by Gasteiger charge is -2.48. The summed E-state index contributed by atoms with van der Waals surface area (Å²) in [4.78, 5) is 0. The zero-order valence-electron chi connectivity index (χ0n) is 10.5. The van der Waals surface area contributed by atoms with Crippen molar-refractivity contribution in [1.82, 2.24) is 5.32 Å². The predicted octanol–water partition coefficient (Wildman–Crippen LogP) is 1.69. The molecule has 0 aromatic carbocycles. The fourth-order valence-corrected chi connectivity index (χ4v) is 2.85. The summed E-state index contributed by atoms with van der Waals surface area (Å²) in [5.41, 5.74) is 0.201. The Morgan fingerprint density at radius 3 is 2.69 bits per heavy atom. The highest BCUT2D eigenvalue weighted by Crippen LogP contribution is 2.42. The van der Waals surface area contributed by atoms with E-state index in [1.807, 2.05) is 0 Å². The molecule has 1 heterocycles. The highest BCUT2D eigenvalue weighted by Gasteiger charge is 2.42. The topological polar surface area (TPSA) is 41.5 Å². The fraction of sp³-hybridized carbons (Fsp3) is 1.00. The summed E-state index contributed by atoms with van der Waals surface area (Å²) in [7, 11) is 0. The van der Waals surface area contributed by atoms with Gasteiger partial charge >= 0.3 is 0 Å². The van der Waals surface area contributed by atoms with Crippen LogP contribution in [0.5, 0.6) is 0 Å². The van der Waals surface area contributed by atoms with Gasteiger partial charge in [-0.25, -0.2) is 0 Å². The molecule has 0 bridgehead atoms. The van der Waals surface area contributed by atoms with Crippen LogP contribution < -0.4 is 5.32 Å². The van der Waals surface area contributed by atoms with Crippen molar-refractivity contribution < 1.29 is 9.84 Å². The van der Waals surface area contributed by atoms with E-state index < -0.39 is 0 Å². The Labute approximate surface area is 98.6 Å². The average molecular weight is 227 g/mol. The number of rotatable bonds is 4. The molecule has 2 aliphatic rings. The summed E-state index contributed by atoms with van der Waals surface area (Å²) in [6.45, 7) is 5.44. The van der Waals surface area contributed by atoms with Crippen LogP contribution in [0.25, 0.3) is 0 Å². The maximum Gasteiger partial charge on any atom is 0.0697 e. The van der Waals surface area contributed by atoms with Crippen LogP contribution >= 0.6 is 0 Å². The number of nitrogens with one attached hydrogen (secondary N) is 1. The number of hydrogen-bond donors (Lipinski definition) is 2. The number of ether oxygens (including phenoxy) is 1. The largest absolute Gasteiger partial charge is 0.395 e. The SMILES string of the molecule is CC(C)C(CO)NC1CCOC2(CCC2)C1. The molecular formula is C13H25NO2. The maximum atomic E-state index is 9.33. The van der Waals surface area contributed by atoms with E-state index in [0.717, 1.165) is 19.4 Å². The van der Waals surface area contributed by atoms with Crippen LogP contribution in [0.4, 0.5) is 0 Å². The smallest absolute Gasteiger partial charge is 0.0697 e. The van der Waals surface area contributed by atoms with Crippen LogP contribution in [0.3, 0.4) is 0 Å². The zero-order valence-corrected chi connectivity index (χ0v) is 10.5. The highest BCUT2D eigenvalue weighted by atomic mass is 16.5. The van der Waals surface area contributed by atoms with Crippen LogP contribution in [-0.4, -0.2) is 36.0 Å². The molecule has 1 saturated heterocycles. The minimum absolute atomic E-state index is 0.201. The van der Waals surface area contributed by atoms with Crippen LogP contribution in [-0.2, 0) is 4.74 Å². The molecule has 1 aliphatic heterocycles. The fourth-order valence-electron chi connectivity index (χ4n) is 2.85. The van der Waals surface area contributed by atoms with Gasteiger partial charge in [0.05, 0.1) is 12.2 Å². The van der Waals surface area contributed by atoms with Crippen molar-refractivity contribution >= 4 is 0 Å². The van der Waals surface area contributed by atoms with Gasteiger partial charge in [0.25, 0.3) is 0 Å². The molecule has 0 aromatic heterocycles. The van der Waals surface area contributed by atoms with Crippen LogP contribution in [0.1, 0.15) is 46.0 Å². The molecular weight excluding hydrogens is 202 g/mol. The third-order valence-corrected chi connectivity index (χ3v) is 4.21. The summed E-state index contributed by atoms with van der Waals surface area (Å²) in [6.07, 6.45) is 6.01. The van der Waals surface area contributed by atoms with Gasteiger partial charge in [0, 0.05) is 18.7 Å². The first-order valence-electron chi connectivity index (χ1n) is 6.66. The molecule has 16 heavy (non-hydrogen) atoms. The Balaban J connectivity index is 1.84. The van der Waals surface area contributed by atoms with Crippen molar-refractivity contribution in [1.29, 1.82) is 0 Å². The molecule has 2 rings (SSSR count). The van der Waals surface area contributed by atoms with Gasteiger partial charge < -0.3 is 15.2 Å². The van der Waals surface area contributed by atoms with E-state index >= 15 is 0 Å². The van der Waals surface area contributed by atoms with E-state index in [-0.39, 0.29) is 18.2 Å². The van der Waals surface area contributed by atoms with Gasteiger partial charge in [-0.2, -0.15) is 0 Å². The summed E-state index contributed by atoms with van der Waals surface area (Å²) in [6, 6.07) is 0.772. The molecule has 1 saturated carbocycles. The van der Waals surface area contributed by atoms with Gasteiger partial charge in [-0.3, -0.25) is 0 Å². The van der Waals surface area contributed by atoms with Gasteiger partial charge in [-0.1, -0.05) is 13.8 Å². The Morgan fingerprint density at radius 2 is 2.19 bits per heavy atom. The van der Waals surface area contributed by atoms with E-state index in [1.54, 1.807) is 0 Å². The van der Waals surface area contributed by atoms with Crippen molar-refractivity contribution in [3.05, 3.63) is 0 Å². The molecule has 2 N–H and O–H groups in total. The third-order valence-electron chi connectivity index (χ3n) is 4.21. The van der Waals surface area contributed by atoms with E-state index in [0.29, 0.717) is 12.0 Å². The van der Waals surface area contributed by atoms with Crippen molar-refractivity contribution in [2.45, 2.75) is 63.6 Å². The molecule has 1 spiro atoms. The van der Waals surface area contributed by atoms with Gasteiger partial charge in [-0.05, 0) is 38.0 Å². The van der Waals surface area contributed by atoms with Crippen molar-refractivity contribution in [3.8, 4) is 0 Å². The monoisotopic (exact) mass is 227 g/mol. The van der Waals surface area contributed by atoms with E-state index in [1.165, 1.54) is 19.3 Å². The van der Waals surface area contributed by atoms with Gasteiger partial charge in [0.1, 0.15) is 0 Å². The second-order valence-electron chi connectivity index (χ2n) is 5.77. The molecule has 0 aromatic rings. The maximum absolute atomic E-state index is 9.33. The summed E-state index contributed by atoms with van der Waals surface area (Å²) < 4.78 is 5.90. The second kappa shape index (κ2) is 5.03. The molecule has 94 valence electrons. The molecule has 2 atom stereocenters. The lowest BCUT2D eigenvalue weighted by Crippen LogP contribution is -2.54. The van der Waals surface area contributed by atoms with Crippen molar-refractivity contribution in [3.63, 3.8) is 0 Å². The number of hydrogen-bond acceptors (Lipinski definition) is 3. The average Bonchev–Trinajstić information content (AvgIpc) is 2.23. The standard InChI is InChI=1S/C13H25NO2/c1-10(2)12(9-15)14-11-4-7-16-13(8-11)5-3-6-13/h10-12,14-15H,3-9H2,1-2H3. The van der Waals surface area contributed by atoms with Gasteiger partial charge in [-0.15, -0.1) is 0 Å². The normalized spacial score (nSPS) is 30.4. The second-order valence-corrected chi connectivity index (χ2v) is 5.77. The molecule has 1 aliphatic carbocycles. The highest BCUT2D eigenvalue weighted by molar-refractivity contribution is 4.96. The van der Waals surface area contributed by atoms with Crippen molar-refractivity contribution in [2.24, 2.45) is 5.92 Å². The Kier molecular flexibility index (Phi) is 3.88. The molecule has 0 amide bonds. The van der Waals surface area contributed by atoms with Crippen LogP contribution in [0.2, 0.25) is 0 Å². The van der Waals surface area contributed by atoms with Crippen LogP contribution in [0, 0.1) is 5.92 Å². The lowest BCUT2D eigenvalue weighted by molar-refractivity contribution is -0.137. The molecule has 0 radical (unpaired) electrons. The molecule has 2 fully saturated rings. The molecule has 3 nitrogen and oxygen atoms in total. The summed E-state index contributed by atoms with van der Waals surface area (Å²) in [5.74, 6) is 0.491. The number of aliphatic hydroxyl groups is 1. The number of aliphatic hydroxyl groups excluding tert-OH is 1. The minimum Gasteiger partial charge on any atom is -0.395 e. The van der Waals surface area contributed by atoms with Gasteiger partial charge in [0.2, 0.25) is 0 Å². The minimum atomic E-state index is 0.201. The Hall–Kier alpha value is -0.120. The quantitative estimate of drug-likeness (QED) is 0.768. The predicted molar refractivity (Wildman–Crippen MR) is 64.4 cm³/mol. The molecule has 3 heteroatoms. The van der Waals surface area contributed by atoms with E-state index in [4.69, 9.17) is 4.74 Å². The third kappa shape index (κ3) is 2.58. The van der Waals surface area contributed by atoms with E-state index in [9.17, 15) is 5.11 Å². The lowest BCUT2D eigenvalue weighted by atomic mass is 9.73. The zero-order chi connectivity index (χ0) is 11.6.